The quantitative estimate of drug-likeness (QED) is 0.461. The largest absolute Gasteiger partial charge is 0.301 e. The fourth-order valence-electron chi connectivity index (χ4n) is 0.900. The third-order valence-corrected chi connectivity index (χ3v) is 2.06. The Hall–Kier alpha value is -1.25. The van der Waals surface area contributed by atoms with Crippen molar-refractivity contribution in [2.45, 2.75) is 6.04 Å². The predicted molar refractivity (Wildman–Crippen MR) is 51.1 cm³/mol. The molecule has 1 unspecified atom stereocenters. The second kappa shape index (κ2) is 4.70. The molecule has 1 atom stereocenters. The molecule has 0 bridgehead atoms. The molecular weight excluding hydrogens is 234 g/mol. The number of benzene rings is 1. The molecule has 0 saturated heterocycles. The zero-order chi connectivity index (χ0) is 9.68. The van der Waals surface area contributed by atoms with Crippen molar-refractivity contribution in [1.82, 2.24) is 0 Å². The molecule has 13 heavy (non-hydrogen) atoms. The van der Waals surface area contributed by atoms with Crippen LogP contribution in [0.25, 0.3) is 0 Å². The maximum Gasteiger partial charge on any atom is 0.236 e. The Morgan fingerprint density at radius 3 is 2.46 bits per heavy atom. The van der Waals surface area contributed by atoms with Crippen LogP contribution in [0.15, 0.2) is 33.7 Å². The number of carbonyl (C=O) groups is 1. The van der Waals surface area contributed by atoms with Crippen LogP contribution in [0.5, 0.6) is 0 Å². The molecule has 4 heteroatoms. The molecule has 0 N–H and O–H groups in total. The van der Waals surface area contributed by atoms with Gasteiger partial charge in [-0.3, -0.25) is 0 Å². The van der Waals surface area contributed by atoms with Crippen molar-refractivity contribution in [2.75, 3.05) is 0 Å². The van der Waals surface area contributed by atoms with E-state index in [1.165, 1.54) is 6.08 Å². The van der Waals surface area contributed by atoms with Crippen LogP contribution in [-0.2, 0) is 9.59 Å². The molecule has 66 valence electrons. The van der Waals surface area contributed by atoms with Gasteiger partial charge in [0.2, 0.25) is 6.08 Å². The second-order valence-corrected chi connectivity index (χ2v) is 3.27. The highest BCUT2D eigenvalue weighted by Crippen LogP contribution is 2.17. The van der Waals surface area contributed by atoms with Crippen LogP contribution in [0, 0.1) is 0 Å². The van der Waals surface area contributed by atoms with E-state index < -0.39 is 6.04 Å². The van der Waals surface area contributed by atoms with Crippen LogP contribution in [0.1, 0.15) is 11.6 Å². The lowest BCUT2D eigenvalue weighted by Crippen LogP contribution is -1.95. The Balaban J connectivity index is 2.98. The van der Waals surface area contributed by atoms with Gasteiger partial charge < -0.3 is 4.79 Å². The standard InChI is InChI=1S/C9H6BrNO2/c10-8-3-1-7(2-4-8)9(5-12)11-6-13/h1-5,9H. The summed E-state index contributed by atoms with van der Waals surface area (Å²) < 4.78 is 0.913. The zero-order valence-electron chi connectivity index (χ0n) is 6.61. The van der Waals surface area contributed by atoms with Gasteiger partial charge in [0.1, 0.15) is 12.3 Å². The average Bonchev–Trinajstić information content (AvgIpc) is 2.16. The summed E-state index contributed by atoms with van der Waals surface area (Å²) in [4.78, 5) is 23.8. The molecule has 0 fully saturated rings. The summed E-state index contributed by atoms with van der Waals surface area (Å²) in [6.07, 6.45) is 1.97. The SMILES string of the molecule is O=C=NC(C=O)c1ccc(Br)cc1. The molecule has 0 amide bonds. The van der Waals surface area contributed by atoms with Gasteiger partial charge in [0.15, 0.2) is 0 Å². The van der Waals surface area contributed by atoms with E-state index in [1.807, 2.05) is 0 Å². The molecule has 0 aliphatic carbocycles. The van der Waals surface area contributed by atoms with Gasteiger partial charge in [0.25, 0.3) is 0 Å². The first-order valence-electron chi connectivity index (χ1n) is 3.55. The van der Waals surface area contributed by atoms with E-state index in [9.17, 15) is 9.59 Å². The highest BCUT2D eigenvalue weighted by Gasteiger charge is 2.07. The number of aliphatic imine (C=N–C) groups is 1. The van der Waals surface area contributed by atoms with E-state index in [4.69, 9.17) is 0 Å². The summed E-state index contributed by atoms with van der Waals surface area (Å²) >= 11 is 3.26. The third kappa shape index (κ3) is 2.61. The maximum absolute atomic E-state index is 10.5. The number of aldehydes is 1. The number of nitrogens with zero attached hydrogens (tertiary/aromatic N) is 1. The molecule has 0 aliphatic heterocycles. The fraction of sp³-hybridized carbons (Fsp3) is 0.111. The second-order valence-electron chi connectivity index (χ2n) is 2.35. The topological polar surface area (TPSA) is 46.5 Å². The first-order valence-corrected chi connectivity index (χ1v) is 4.35. The minimum atomic E-state index is -0.731. The number of hydrogen-bond donors (Lipinski definition) is 0. The summed E-state index contributed by atoms with van der Waals surface area (Å²) in [5, 5.41) is 0. The molecule has 0 aliphatic rings. The maximum atomic E-state index is 10.5. The van der Waals surface area contributed by atoms with Gasteiger partial charge in [-0.15, -0.1) is 0 Å². The first-order chi connectivity index (χ1) is 6.27. The van der Waals surface area contributed by atoms with Crippen LogP contribution >= 0.6 is 15.9 Å². The Labute approximate surface area is 83.6 Å². The van der Waals surface area contributed by atoms with Crippen molar-refractivity contribution in [1.29, 1.82) is 0 Å². The molecule has 0 aromatic heterocycles. The lowest BCUT2D eigenvalue weighted by Gasteiger charge is -2.01. The average molecular weight is 240 g/mol. The zero-order valence-corrected chi connectivity index (χ0v) is 8.19. The molecule has 0 saturated carbocycles. The molecule has 3 nitrogen and oxygen atoms in total. The summed E-state index contributed by atoms with van der Waals surface area (Å²) in [7, 11) is 0. The monoisotopic (exact) mass is 239 g/mol. The third-order valence-electron chi connectivity index (χ3n) is 1.53. The van der Waals surface area contributed by atoms with E-state index in [1.54, 1.807) is 24.3 Å². The van der Waals surface area contributed by atoms with E-state index >= 15 is 0 Å². The van der Waals surface area contributed by atoms with E-state index in [0.29, 0.717) is 11.8 Å². The van der Waals surface area contributed by atoms with E-state index in [-0.39, 0.29) is 0 Å². The smallest absolute Gasteiger partial charge is 0.236 e. The highest BCUT2D eigenvalue weighted by molar-refractivity contribution is 9.10. The summed E-state index contributed by atoms with van der Waals surface area (Å²) in [5.74, 6) is 0. The van der Waals surface area contributed by atoms with Crippen LogP contribution < -0.4 is 0 Å². The highest BCUT2D eigenvalue weighted by atomic mass is 79.9. The number of isocyanates is 1. The lowest BCUT2D eigenvalue weighted by atomic mass is 10.1. The van der Waals surface area contributed by atoms with Crippen molar-refractivity contribution in [3.63, 3.8) is 0 Å². The van der Waals surface area contributed by atoms with Crippen LogP contribution in [0.3, 0.4) is 0 Å². The predicted octanol–water partition coefficient (Wildman–Crippen LogP) is 2.02. The molecule has 1 rings (SSSR count). The van der Waals surface area contributed by atoms with Gasteiger partial charge in [-0.2, -0.15) is 4.99 Å². The first kappa shape index (κ1) is 9.84. The van der Waals surface area contributed by atoms with Gasteiger partial charge in [0, 0.05) is 4.47 Å². The fourth-order valence-corrected chi connectivity index (χ4v) is 1.16. The number of hydrogen-bond acceptors (Lipinski definition) is 3. The van der Waals surface area contributed by atoms with E-state index in [0.717, 1.165) is 4.47 Å². The lowest BCUT2D eigenvalue weighted by molar-refractivity contribution is -0.108. The minimum absolute atomic E-state index is 0.605. The van der Waals surface area contributed by atoms with Gasteiger partial charge >= 0.3 is 0 Å². The van der Waals surface area contributed by atoms with Crippen LogP contribution in [0.2, 0.25) is 0 Å². The van der Waals surface area contributed by atoms with Crippen molar-refractivity contribution in [2.24, 2.45) is 4.99 Å². The molecule has 0 heterocycles. The Morgan fingerprint density at radius 1 is 1.38 bits per heavy atom. The molecular formula is C9H6BrNO2. The van der Waals surface area contributed by atoms with Gasteiger partial charge in [-0.25, -0.2) is 4.79 Å². The number of halogens is 1. The van der Waals surface area contributed by atoms with Crippen molar-refractivity contribution in [3.8, 4) is 0 Å². The summed E-state index contributed by atoms with van der Waals surface area (Å²) in [6, 6.07) is 6.29. The van der Waals surface area contributed by atoms with Gasteiger partial charge in [-0.1, -0.05) is 28.1 Å². The summed E-state index contributed by atoms with van der Waals surface area (Å²) in [5.41, 5.74) is 0.682. The molecule has 0 radical (unpaired) electrons. The van der Waals surface area contributed by atoms with Crippen molar-refractivity contribution in [3.05, 3.63) is 34.3 Å². The Morgan fingerprint density at radius 2 is 2.00 bits per heavy atom. The number of rotatable bonds is 3. The van der Waals surface area contributed by atoms with Gasteiger partial charge in [0.05, 0.1) is 0 Å². The molecule has 0 spiro atoms. The Kier molecular flexibility index (Phi) is 3.55. The van der Waals surface area contributed by atoms with Crippen LogP contribution in [0.4, 0.5) is 0 Å². The van der Waals surface area contributed by atoms with Gasteiger partial charge in [-0.05, 0) is 17.7 Å². The van der Waals surface area contributed by atoms with Crippen molar-refractivity contribution < 1.29 is 9.59 Å². The molecule has 1 aromatic rings. The normalized spacial score (nSPS) is 11.5. The van der Waals surface area contributed by atoms with E-state index in [2.05, 4.69) is 20.9 Å². The summed E-state index contributed by atoms with van der Waals surface area (Å²) in [6.45, 7) is 0. The van der Waals surface area contributed by atoms with Crippen molar-refractivity contribution >= 4 is 28.3 Å². The molecule has 1 aromatic carbocycles. The number of carbonyl (C=O) groups excluding carboxylic acids is 2. The minimum Gasteiger partial charge on any atom is -0.301 e. The van der Waals surface area contributed by atoms with Crippen LogP contribution in [-0.4, -0.2) is 12.4 Å². The Bertz CT molecular complexity index is 341.